The number of hydrogen-bond acceptors (Lipinski definition) is 4. The maximum Gasteiger partial charge on any atom is 0.375 e. The average molecular weight is 279 g/mol. The second kappa shape index (κ2) is 5.46. The monoisotopic (exact) mass is 278 g/mol. The van der Waals surface area contributed by atoms with Crippen molar-refractivity contribution in [2.75, 3.05) is 12.0 Å². The summed E-state index contributed by atoms with van der Waals surface area (Å²) in [6.45, 7) is 1.85. The van der Waals surface area contributed by atoms with E-state index in [1.165, 1.54) is 6.26 Å². The van der Waals surface area contributed by atoms with E-state index >= 15 is 0 Å². The molecule has 0 fully saturated rings. The van der Waals surface area contributed by atoms with Crippen LogP contribution in [0.3, 0.4) is 0 Å². The van der Waals surface area contributed by atoms with Gasteiger partial charge in [0.1, 0.15) is 6.10 Å². The first-order valence-corrected chi connectivity index (χ1v) is 6.26. The maximum atomic E-state index is 11.5. The summed E-state index contributed by atoms with van der Waals surface area (Å²) in [7, 11) is 0. The van der Waals surface area contributed by atoms with Crippen LogP contribution in [0.15, 0.2) is 21.2 Å². The van der Waals surface area contributed by atoms with Gasteiger partial charge in [-0.1, -0.05) is 0 Å². The van der Waals surface area contributed by atoms with Crippen LogP contribution in [0.4, 0.5) is 0 Å². The summed E-state index contributed by atoms with van der Waals surface area (Å²) in [5.41, 5.74) is 0. The van der Waals surface area contributed by atoms with E-state index in [2.05, 4.69) is 15.9 Å². The second-order valence-electron chi connectivity index (χ2n) is 2.77. The van der Waals surface area contributed by atoms with Gasteiger partial charge in [-0.2, -0.15) is 11.8 Å². The highest BCUT2D eigenvalue weighted by molar-refractivity contribution is 9.10. The number of carbonyl (C=O) groups excluding carboxylic acids is 1. The lowest BCUT2D eigenvalue weighted by Gasteiger charge is -2.10. The molecule has 1 aromatic heterocycles. The molecular weight excluding hydrogens is 268 g/mol. The normalized spacial score (nSPS) is 12.5. The van der Waals surface area contributed by atoms with Crippen molar-refractivity contribution in [1.82, 2.24) is 0 Å². The minimum absolute atomic E-state index is 0.102. The first kappa shape index (κ1) is 11.7. The van der Waals surface area contributed by atoms with E-state index in [0.29, 0.717) is 4.47 Å². The van der Waals surface area contributed by atoms with Gasteiger partial charge >= 0.3 is 5.97 Å². The number of furan rings is 1. The van der Waals surface area contributed by atoms with Crippen LogP contribution in [0.2, 0.25) is 0 Å². The Hall–Kier alpha value is -0.420. The quantitative estimate of drug-likeness (QED) is 0.794. The number of hydrogen-bond donors (Lipinski definition) is 0. The van der Waals surface area contributed by atoms with Crippen molar-refractivity contribution >= 4 is 33.7 Å². The number of esters is 1. The minimum Gasteiger partial charge on any atom is -0.456 e. The van der Waals surface area contributed by atoms with E-state index < -0.39 is 5.97 Å². The van der Waals surface area contributed by atoms with E-state index in [4.69, 9.17) is 9.15 Å². The number of carbonyl (C=O) groups is 1. The molecule has 0 saturated heterocycles. The van der Waals surface area contributed by atoms with Crippen molar-refractivity contribution in [1.29, 1.82) is 0 Å². The molecule has 78 valence electrons. The zero-order valence-electron chi connectivity index (χ0n) is 7.95. The molecule has 5 heteroatoms. The first-order chi connectivity index (χ1) is 6.65. The summed E-state index contributed by atoms with van der Waals surface area (Å²) in [6, 6.07) is 1.66. The zero-order chi connectivity index (χ0) is 10.6. The molecule has 0 aliphatic heterocycles. The van der Waals surface area contributed by atoms with Crippen molar-refractivity contribution in [3.05, 3.63) is 22.6 Å². The van der Waals surface area contributed by atoms with Crippen LogP contribution in [0.1, 0.15) is 17.5 Å². The molecule has 3 nitrogen and oxygen atoms in total. The molecule has 0 aromatic carbocycles. The molecule has 14 heavy (non-hydrogen) atoms. The van der Waals surface area contributed by atoms with Gasteiger partial charge in [-0.05, 0) is 35.2 Å². The van der Waals surface area contributed by atoms with Crippen LogP contribution in [-0.4, -0.2) is 24.1 Å². The van der Waals surface area contributed by atoms with E-state index in [1.54, 1.807) is 17.8 Å². The van der Waals surface area contributed by atoms with Crippen LogP contribution in [0, 0.1) is 0 Å². The van der Waals surface area contributed by atoms with E-state index in [-0.39, 0.29) is 11.9 Å². The molecule has 1 aromatic rings. The van der Waals surface area contributed by atoms with E-state index in [9.17, 15) is 4.79 Å². The standard InChI is InChI=1S/C9H11BrO3S/c1-6(5-14-2)13-9(11)8-7(10)3-4-12-8/h3-4,6H,5H2,1-2H3/t6-/m1/s1. The lowest BCUT2D eigenvalue weighted by Crippen LogP contribution is -2.16. The Morgan fingerprint density at radius 1 is 1.79 bits per heavy atom. The van der Waals surface area contributed by atoms with Gasteiger partial charge in [0.2, 0.25) is 5.76 Å². The largest absolute Gasteiger partial charge is 0.456 e. The molecule has 0 bridgehead atoms. The van der Waals surface area contributed by atoms with Crippen LogP contribution in [-0.2, 0) is 4.74 Å². The average Bonchev–Trinajstić information content (AvgIpc) is 2.51. The van der Waals surface area contributed by atoms with Gasteiger partial charge in [0, 0.05) is 5.75 Å². The molecule has 1 atom stereocenters. The fourth-order valence-corrected chi connectivity index (χ4v) is 1.85. The maximum absolute atomic E-state index is 11.5. The molecule has 0 N–H and O–H groups in total. The topological polar surface area (TPSA) is 39.4 Å². The van der Waals surface area contributed by atoms with Crippen LogP contribution in [0.25, 0.3) is 0 Å². The summed E-state index contributed by atoms with van der Waals surface area (Å²) in [5.74, 6) is 0.575. The van der Waals surface area contributed by atoms with Gasteiger partial charge in [0.15, 0.2) is 0 Å². The highest BCUT2D eigenvalue weighted by Gasteiger charge is 2.17. The minimum atomic E-state index is -0.427. The first-order valence-electron chi connectivity index (χ1n) is 4.08. The predicted octanol–water partition coefficient (Wildman–Crippen LogP) is 2.95. The van der Waals surface area contributed by atoms with E-state index in [1.807, 2.05) is 13.2 Å². The third-order valence-corrected chi connectivity index (χ3v) is 2.94. The van der Waals surface area contributed by atoms with Crippen molar-refractivity contribution in [3.8, 4) is 0 Å². The molecule has 0 spiro atoms. The summed E-state index contributed by atoms with van der Waals surface area (Å²) < 4.78 is 10.7. The fourth-order valence-electron chi connectivity index (χ4n) is 0.944. The van der Waals surface area contributed by atoms with Crippen molar-refractivity contribution < 1.29 is 13.9 Å². The van der Waals surface area contributed by atoms with Crippen molar-refractivity contribution in [2.45, 2.75) is 13.0 Å². The van der Waals surface area contributed by atoms with Crippen LogP contribution >= 0.6 is 27.7 Å². The Kier molecular flexibility index (Phi) is 4.54. The molecule has 0 aliphatic carbocycles. The lowest BCUT2D eigenvalue weighted by atomic mass is 10.4. The highest BCUT2D eigenvalue weighted by atomic mass is 79.9. The Balaban J connectivity index is 2.55. The molecule has 0 aliphatic rings. The predicted molar refractivity (Wildman–Crippen MR) is 59.7 cm³/mol. The number of halogens is 1. The van der Waals surface area contributed by atoms with Gasteiger partial charge in [-0.15, -0.1) is 0 Å². The molecule has 0 radical (unpaired) electrons. The molecule has 1 heterocycles. The fraction of sp³-hybridized carbons (Fsp3) is 0.444. The van der Waals surface area contributed by atoms with Gasteiger partial charge in [0.05, 0.1) is 10.7 Å². The molecular formula is C9H11BrO3S. The molecule has 0 unspecified atom stereocenters. The summed E-state index contributed by atoms with van der Waals surface area (Å²) in [4.78, 5) is 11.5. The Morgan fingerprint density at radius 3 is 3.00 bits per heavy atom. The molecule has 0 amide bonds. The van der Waals surface area contributed by atoms with Crippen molar-refractivity contribution in [3.63, 3.8) is 0 Å². The second-order valence-corrected chi connectivity index (χ2v) is 4.53. The molecule has 1 rings (SSSR count). The third-order valence-electron chi connectivity index (χ3n) is 1.51. The Labute approximate surface area is 95.3 Å². The van der Waals surface area contributed by atoms with Crippen molar-refractivity contribution in [2.24, 2.45) is 0 Å². The van der Waals surface area contributed by atoms with Crippen LogP contribution < -0.4 is 0 Å². The SMILES string of the molecule is CSC[C@@H](C)OC(=O)c1occc1Br. The number of thioether (sulfide) groups is 1. The Morgan fingerprint density at radius 2 is 2.50 bits per heavy atom. The zero-order valence-corrected chi connectivity index (χ0v) is 10.4. The van der Waals surface area contributed by atoms with E-state index in [0.717, 1.165) is 5.75 Å². The number of rotatable bonds is 4. The van der Waals surface area contributed by atoms with Gasteiger partial charge in [-0.3, -0.25) is 0 Å². The highest BCUT2D eigenvalue weighted by Crippen LogP contribution is 2.19. The van der Waals surface area contributed by atoms with Gasteiger partial charge < -0.3 is 9.15 Å². The van der Waals surface area contributed by atoms with Gasteiger partial charge in [-0.25, -0.2) is 4.79 Å². The smallest absolute Gasteiger partial charge is 0.375 e. The Bertz CT molecular complexity index is 311. The van der Waals surface area contributed by atoms with Gasteiger partial charge in [0.25, 0.3) is 0 Å². The summed E-state index contributed by atoms with van der Waals surface area (Å²) >= 11 is 4.83. The lowest BCUT2D eigenvalue weighted by molar-refractivity contribution is 0.0348. The summed E-state index contributed by atoms with van der Waals surface area (Å²) in [6.07, 6.45) is 3.31. The molecule has 0 saturated carbocycles. The third kappa shape index (κ3) is 3.06. The van der Waals surface area contributed by atoms with Crippen LogP contribution in [0.5, 0.6) is 0 Å². The number of ether oxygens (including phenoxy) is 1. The summed E-state index contributed by atoms with van der Waals surface area (Å²) in [5, 5.41) is 0.